The highest BCUT2D eigenvalue weighted by molar-refractivity contribution is 6.30. The van der Waals surface area contributed by atoms with Crippen molar-refractivity contribution in [3.63, 3.8) is 0 Å². The summed E-state index contributed by atoms with van der Waals surface area (Å²) < 4.78 is 0. The van der Waals surface area contributed by atoms with Gasteiger partial charge < -0.3 is 0 Å². The molecule has 56 valence electrons. The van der Waals surface area contributed by atoms with E-state index in [9.17, 15) is 0 Å². The maximum absolute atomic E-state index is 4.32. The quantitative estimate of drug-likeness (QED) is 0.487. The molecule has 11 heavy (non-hydrogen) atoms. The van der Waals surface area contributed by atoms with E-state index in [0.717, 1.165) is 5.71 Å². The van der Waals surface area contributed by atoms with E-state index < -0.39 is 0 Å². The SMILES string of the molecule is CC1=N[C@@H]2N=CC=CC2N=C1. The summed E-state index contributed by atoms with van der Waals surface area (Å²) in [5.74, 6) is 0. The molecular formula is C8H9N3. The lowest BCUT2D eigenvalue weighted by atomic mass is 10.1. The molecule has 0 aliphatic carbocycles. The van der Waals surface area contributed by atoms with Gasteiger partial charge in [-0.1, -0.05) is 6.08 Å². The normalized spacial score (nSPS) is 33.4. The van der Waals surface area contributed by atoms with Gasteiger partial charge in [0, 0.05) is 12.4 Å². The molecule has 0 saturated heterocycles. The largest absolute Gasteiger partial charge is 0.280 e. The summed E-state index contributed by atoms with van der Waals surface area (Å²) in [4.78, 5) is 12.8. The molecule has 2 heterocycles. The van der Waals surface area contributed by atoms with Crippen LogP contribution < -0.4 is 0 Å². The van der Waals surface area contributed by atoms with Crippen LogP contribution in [0.25, 0.3) is 0 Å². The van der Waals surface area contributed by atoms with Gasteiger partial charge in [0.05, 0.1) is 5.71 Å². The molecule has 0 amide bonds. The van der Waals surface area contributed by atoms with E-state index in [2.05, 4.69) is 15.0 Å². The van der Waals surface area contributed by atoms with Crippen LogP contribution in [0.15, 0.2) is 27.1 Å². The lowest BCUT2D eigenvalue weighted by Crippen LogP contribution is -2.26. The Morgan fingerprint density at radius 1 is 1.36 bits per heavy atom. The van der Waals surface area contributed by atoms with Crippen LogP contribution in [-0.4, -0.2) is 30.3 Å². The smallest absolute Gasteiger partial charge is 0.165 e. The van der Waals surface area contributed by atoms with Gasteiger partial charge in [0.1, 0.15) is 6.04 Å². The molecule has 0 spiro atoms. The van der Waals surface area contributed by atoms with E-state index >= 15 is 0 Å². The van der Waals surface area contributed by atoms with Crippen LogP contribution in [-0.2, 0) is 0 Å². The Bertz CT molecular complexity index is 273. The highest BCUT2D eigenvalue weighted by Crippen LogP contribution is 2.13. The first kappa shape index (κ1) is 6.46. The molecule has 0 aromatic carbocycles. The van der Waals surface area contributed by atoms with Crippen LogP contribution in [0.4, 0.5) is 0 Å². The highest BCUT2D eigenvalue weighted by atomic mass is 15.1. The van der Waals surface area contributed by atoms with Crippen molar-refractivity contribution < 1.29 is 0 Å². The number of hydrogen-bond acceptors (Lipinski definition) is 3. The average molecular weight is 147 g/mol. The van der Waals surface area contributed by atoms with Crippen molar-refractivity contribution in [1.82, 2.24) is 0 Å². The highest BCUT2D eigenvalue weighted by Gasteiger charge is 2.19. The minimum Gasteiger partial charge on any atom is -0.280 e. The van der Waals surface area contributed by atoms with Gasteiger partial charge in [0.25, 0.3) is 0 Å². The fourth-order valence-electron chi connectivity index (χ4n) is 1.16. The Morgan fingerprint density at radius 3 is 3.18 bits per heavy atom. The monoisotopic (exact) mass is 147 g/mol. The third-order valence-electron chi connectivity index (χ3n) is 1.71. The molecule has 0 bridgehead atoms. The molecule has 3 nitrogen and oxygen atoms in total. The maximum Gasteiger partial charge on any atom is 0.165 e. The summed E-state index contributed by atoms with van der Waals surface area (Å²) in [6.45, 7) is 1.94. The van der Waals surface area contributed by atoms with Gasteiger partial charge in [-0.25, -0.2) is 0 Å². The van der Waals surface area contributed by atoms with Crippen molar-refractivity contribution in [1.29, 1.82) is 0 Å². The van der Waals surface area contributed by atoms with Crippen molar-refractivity contribution in [2.24, 2.45) is 15.0 Å². The first-order chi connectivity index (χ1) is 5.36. The molecule has 0 aromatic rings. The number of allylic oxidation sites excluding steroid dienone is 1. The molecular weight excluding hydrogens is 138 g/mol. The maximum atomic E-state index is 4.32. The van der Waals surface area contributed by atoms with E-state index in [4.69, 9.17) is 0 Å². The van der Waals surface area contributed by atoms with Crippen LogP contribution in [0.2, 0.25) is 0 Å². The van der Waals surface area contributed by atoms with Gasteiger partial charge in [-0.05, 0) is 13.0 Å². The van der Waals surface area contributed by atoms with Gasteiger partial charge in [-0.3, -0.25) is 15.0 Å². The molecule has 3 heteroatoms. The Kier molecular flexibility index (Phi) is 1.42. The van der Waals surface area contributed by atoms with Crippen LogP contribution in [0.5, 0.6) is 0 Å². The molecule has 1 unspecified atom stereocenters. The summed E-state index contributed by atoms with van der Waals surface area (Å²) in [6.07, 6.45) is 7.51. The standard InChI is InChI=1S/C8H9N3/c1-6-5-10-7-3-2-4-9-8(7)11-6/h2-5,7-8H,1H3/t7?,8-/m0/s1. The fourth-order valence-corrected chi connectivity index (χ4v) is 1.16. The second kappa shape index (κ2) is 2.42. The third-order valence-corrected chi connectivity index (χ3v) is 1.71. The van der Waals surface area contributed by atoms with E-state index in [1.165, 1.54) is 0 Å². The van der Waals surface area contributed by atoms with Crippen LogP contribution >= 0.6 is 0 Å². The summed E-state index contributed by atoms with van der Waals surface area (Å²) in [6, 6.07) is 0.142. The zero-order valence-electron chi connectivity index (χ0n) is 6.31. The fraction of sp³-hybridized carbons (Fsp3) is 0.375. The molecule has 2 atom stereocenters. The third kappa shape index (κ3) is 1.13. The summed E-state index contributed by atoms with van der Waals surface area (Å²) in [5.41, 5.74) is 0.957. The zero-order valence-corrected chi connectivity index (χ0v) is 6.31. The molecule has 2 aliphatic heterocycles. The average Bonchev–Trinajstić information content (AvgIpc) is 2.04. The Balaban J connectivity index is 2.29. The summed E-state index contributed by atoms with van der Waals surface area (Å²) in [5, 5.41) is 0. The topological polar surface area (TPSA) is 37.1 Å². The van der Waals surface area contributed by atoms with Gasteiger partial charge in [-0.2, -0.15) is 0 Å². The van der Waals surface area contributed by atoms with Crippen molar-refractivity contribution in [3.8, 4) is 0 Å². The molecule has 0 N–H and O–H groups in total. The minimum absolute atomic E-state index is 0.00463. The van der Waals surface area contributed by atoms with Gasteiger partial charge >= 0.3 is 0 Å². The number of aliphatic imine (C=N–C) groups is 3. The van der Waals surface area contributed by atoms with Crippen molar-refractivity contribution in [3.05, 3.63) is 12.2 Å². The predicted octanol–water partition coefficient (Wildman–Crippen LogP) is 0.867. The minimum atomic E-state index is 0.00463. The summed E-state index contributed by atoms with van der Waals surface area (Å²) in [7, 11) is 0. The second-order valence-corrected chi connectivity index (χ2v) is 2.64. The molecule has 0 fully saturated rings. The Hall–Kier alpha value is -1.25. The van der Waals surface area contributed by atoms with Crippen molar-refractivity contribution >= 4 is 18.1 Å². The van der Waals surface area contributed by atoms with Crippen molar-refractivity contribution in [2.45, 2.75) is 19.1 Å². The number of hydrogen-bond donors (Lipinski definition) is 0. The summed E-state index contributed by atoms with van der Waals surface area (Å²) >= 11 is 0. The second-order valence-electron chi connectivity index (χ2n) is 2.64. The van der Waals surface area contributed by atoms with Crippen LogP contribution in [0.1, 0.15) is 6.92 Å². The lowest BCUT2D eigenvalue weighted by molar-refractivity contribution is 0.625. The van der Waals surface area contributed by atoms with Gasteiger partial charge in [-0.15, -0.1) is 0 Å². The van der Waals surface area contributed by atoms with E-state index in [0.29, 0.717) is 0 Å². The lowest BCUT2D eigenvalue weighted by Gasteiger charge is -2.19. The van der Waals surface area contributed by atoms with E-state index in [1.54, 1.807) is 12.4 Å². The number of nitrogens with zero attached hydrogens (tertiary/aromatic N) is 3. The number of rotatable bonds is 0. The van der Waals surface area contributed by atoms with Gasteiger partial charge in [0.2, 0.25) is 0 Å². The predicted molar refractivity (Wildman–Crippen MR) is 46.8 cm³/mol. The first-order valence-corrected chi connectivity index (χ1v) is 3.64. The van der Waals surface area contributed by atoms with Crippen LogP contribution in [0.3, 0.4) is 0 Å². The van der Waals surface area contributed by atoms with E-state index in [1.807, 2.05) is 19.1 Å². The Morgan fingerprint density at radius 2 is 2.27 bits per heavy atom. The number of fused-ring (bicyclic) bond motifs is 1. The molecule has 0 radical (unpaired) electrons. The zero-order chi connectivity index (χ0) is 7.68. The molecule has 0 aromatic heterocycles. The first-order valence-electron chi connectivity index (χ1n) is 3.64. The van der Waals surface area contributed by atoms with Crippen molar-refractivity contribution in [2.75, 3.05) is 0 Å². The molecule has 0 saturated carbocycles. The van der Waals surface area contributed by atoms with Crippen LogP contribution in [0, 0.1) is 0 Å². The Labute approximate surface area is 65.3 Å². The molecule has 2 aliphatic rings. The van der Waals surface area contributed by atoms with E-state index in [-0.39, 0.29) is 12.2 Å². The number of dihydropyridines is 1. The van der Waals surface area contributed by atoms with Gasteiger partial charge in [0.15, 0.2) is 6.17 Å². The molecule has 2 rings (SSSR count).